The van der Waals surface area contributed by atoms with Crippen molar-refractivity contribution in [2.75, 3.05) is 13.2 Å². The Bertz CT molecular complexity index is 808. The molecular weight excluding hydrogens is 302 g/mol. The Hall–Kier alpha value is -2.58. The highest BCUT2D eigenvalue weighted by molar-refractivity contribution is 5.96. The van der Waals surface area contributed by atoms with Gasteiger partial charge in [0.15, 0.2) is 0 Å². The van der Waals surface area contributed by atoms with E-state index < -0.39 is 0 Å². The standard InChI is InChI=1S/C19H21N3O2/c1-13-9-17(18(24)21-11-19(12-23)7-8-19)14(2)22(13)16-5-3-15(10-20)4-6-16/h3-6,9,23H,7-8,11-12H2,1-2H3,(H,21,24). The number of hydrogen-bond acceptors (Lipinski definition) is 3. The molecular formula is C19H21N3O2. The minimum absolute atomic E-state index is 0.103. The predicted molar refractivity (Wildman–Crippen MR) is 91.0 cm³/mol. The Labute approximate surface area is 141 Å². The highest BCUT2D eigenvalue weighted by Gasteiger charge is 2.42. The van der Waals surface area contributed by atoms with Crippen molar-refractivity contribution in [2.24, 2.45) is 5.41 Å². The van der Waals surface area contributed by atoms with Crippen molar-refractivity contribution in [1.82, 2.24) is 9.88 Å². The topological polar surface area (TPSA) is 78.0 Å². The van der Waals surface area contributed by atoms with Crippen LogP contribution < -0.4 is 5.32 Å². The quantitative estimate of drug-likeness (QED) is 0.887. The molecule has 1 fully saturated rings. The molecule has 0 unspecified atom stereocenters. The summed E-state index contributed by atoms with van der Waals surface area (Å²) in [5.41, 5.74) is 3.91. The first-order valence-corrected chi connectivity index (χ1v) is 8.08. The maximum absolute atomic E-state index is 12.5. The molecule has 2 N–H and O–H groups in total. The van der Waals surface area contributed by atoms with Crippen molar-refractivity contribution >= 4 is 5.91 Å². The second-order valence-electron chi connectivity index (χ2n) is 6.62. The van der Waals surface area contributed by atoms with Gasteiger partial charge in [-0.15, -0.1) is 0 Å². The number of carbonyl (C=O) groups excluding carboxylic acids is 1. The Kier molecular flexibility index (Phi) is 4.16. The first-order chi connectivity index (χ1) is 11.5. The summed E-state index contributed by atoms with van der Waals surface area (Å²) in [7, 11) is 0. The van der Waals surface area contributed by atoms with E-state index in [9.17, 15) is 9.90 Å². The van der Waals surface area contributed by atoms with E-state index in [0.29, 0.717) is 17.7 Å². The molecule has 0 bridgehead atoms. The predicted octanol–water partition coefficient (Wildman–Crippen LogP) is 2.47. The maximum Gasteiger partial charge on any atom is 0.253 e. The number of nitrogens with zero attached hydrogens (tertiary/aromatic N) is 2. The van der Waals surface area contributed by atoms with Crippen molar-refractivity contribution in [1.29, 1.82) is 5.26 Å². The molecule has 5 heteroatoms. The van der Waals surface area contributed by atoms with Crippen LogP contribution in [0.4, 0.5) is 0 Å². The van der Waals surface area contributed by atoms with Crippen LogP contribution in [-0.2, 0) is 0 Å². The van der Waals surface area contributed by atoms with E-state index in [2.05, 4.69) is 11.4 Å². The Morgan fingerprint density at radius 3 is 2.54 bits per heavy atom. The van der Waals surface area contributed by atoms with Gasteiger partial charge in [-0.25, -0.2) is 0 Å². The van der Waals surface area contributed by atoms with Crippen molar-refractivity contribution in [3.05, 3.63) is 52.8 Å². The largest absolute Gasteiger partial charge is 0.396 e. The lowest BCUT2D eigenvalue weighted by Crippen LogP contribution is -2.32. The minimum Gasteiger partial charge on any atom is -0.396 e. The molecule has 1 aliphatic rings. The van der Waals surface area contributed by atoms with Crippen LogP contribution in [0, 0.1) is 30.6 Å². The number of nitriles is 1. The molecule has 1 aromatic carbocycles. The average molecular weight is 323 g/mol. The van der Waals surface area contributed by atoms with E-state index in [-0.39, 0.29) is 17.9 Å². The van der Waals surface area contributed by atoms with Crippen LogP contribution in [-0.4, -0.2) is 28.7 Å². The molecule has 124 valence electrons. The number of amides is 1. The Balaban J connectivity index is 1.83. The van der Waals surface area contributed by atoms with Crippen LogP contribution in [0.1, 0.15) is 40.2 Å². The number of aliphatic hydroxyl groups is 1. The summed E-state index contributed by atoms with van der Waals surface area (Å²) in [6.45, 7) is 4.51. The van der Waals surface area contributed by atoms with Crippen LogP contribution in [0.25, 0.3) is 5.69 Å². The molecule has 5 nitrogen and oxygen atoms in total. The number of nitrogens with one attached hydrogen (secondary N) is 1. The number of aliphatic hydroxyl groups excluding tert-OH is 1. The summed E-state index contributed by atoms with van der Waals surface area (Å²) in [6, 6.07) is 11.3. The molecule has 2 aromatic rings. The second kappa shape index (κ2) is 6.14. The molecule has 0 aliphatic heterocycles. The monoisotopic (exact) mass is 323 g/mol. The van der Waals surface area contributed by atoms with Crippen LogP contribution in [0.2, 0.25) is 0 Å². The lowest BCUT2D eigenvalue weighted by molar-refractivity contribution is 0.0934. The van der Waals surface area contributed by atoms with Crippen LogP contribution in [0.15, 0.2) is 30.3 Å². The van der Waals surface area contributed by atoms with Crippen molar-refractivity contribution in [3.63, 3.8) is 0 Å². The van der Waals surface area contributed by atoms with E-state index in [1.807, 2.05) is 36.6 Å². The highest BCUT2D eigenvalue weighted by atomic mass is 16.3. The molecule has 0 saturated heterocycles. The summed E-state index contributed by atoms with van der Waals surface area (Å²) in [6.07, 6.45) is 1.93. The summed E-state index contributed by atoms with van der Waals surface area (Å²) >= 11 is 0. The summed E-state index contributed by atoms with van der Waals surface area (Å²) in [5.74, 6) is -0.109. The first-order valence-electron chi connectivity index (χ1n) is 8.08. The lowest BCUT2D eigenvalue weighted by Gasteiger charge is -2.13. The van der Waals surface area contributed by atoms with Crippen LogP contribution >= 0.6 is 0 Å². The third kappa shape index (κ3) is 2.93. The fourth-order valence-corrected chi connectivity index (χ4v) is 3.01. The molecule has 1 saturated carbocycles. The zero-order chi connectivity index (χ0) is 17.3. The number of hydrogen-bond donors (Lipinski definition) is 2. The molecule has 1 heterocycles. The van der Waals surface area contributed by atoms with Gasteiger partial charge >= 0.3 is 0 Å². The third-order valence-electron chi connectivity index (χ3n) is 4.85. The fourth-order valence-electron chi connectivity index (χ4n) is 3.01. The lowest BCUT2D eigenvalue weighted by atomic mass is 10.1. The number of carbonyl (C=O) groups is 1. The van der Waals surface area contributed by atoms with Crippen molar-refractivity contribution < 1.29 is 9.90 Å². The van der Waals surface area contributed by atoms with Gasteiger partial charge in [0, 0.05) is 29.0 Å². The van der Waals surface area contributed by atoms with Crippen molar-refractivity contribution in [2.45, 2.75) is 26.7 Å². The minimum atomic E-state index is -0.109. The SMILES string of the molecule is Cc1cc(C(=O)NCC2(CO)CC2)c(C)n1-c1ccc(C#N)cc1. The van der Waals surface area contributed by atoms with E-state index in [0.717, 1.165) is 29.9 Å². The molecule has 0 atom stereocenters. The molecule has 0 radical (unpaired) electrons. The van der Waals surface area contributed by atoms with Gasteiger partial charge in [0.2, 0.25) is 0 Å². The van der Waals surface area contributed by atoms with Crippen LogP contribution in [0.3, 0.4) is 0 Å². The van der Waals surface area contributed by atoms with E-state index in [1.54, 1.807) is 12.1 Å². The highest BCUT2D eigenvalue weighted by Crippen LogP contribution is 2.44. The molecule has 24 heavy (non-hydrogen) atoms. The second-order valence-corrected chi connectivity index (χ2v) is 6.62. The van der Waals surface area contributed by atoms with Gasteiger partial charge in [-0.2, -0.15) is 5.26 Å². The summed E-state index contributed by atoms with van der Waals surface area (Å²) in [4.78, 5) is 12.5. The van der Waals surface area contributed by atoms with Gasteiger partial charge in [-0.05, 0) is 57.0 Å². The van der Waals surface area contributed by atoms with Gasteiger partial charge in [0.25, 0.3) is 5.91 Å². The zero-order valence-corrected chi connectivity index (χ0v) is 14.0. The number of aromatic nitrogens is 1. The van der Waals surface area contributed by atoms with Gasteiger partial charge in [0.1, 0.15) is 0 Å². The fraction of sp³-hybridized carbons (Fsp3) is 0.368. The van der Waals surface area contributed by atoms with Gasteiger partial charge in [0.05, 0.1) is 23.8 Å². The average Bonchev–Trinajstić information content (AvgIpc) is 3.32. The first kappa shape index (κ1) is 16.3. The molecule has 1 aromatic heterocycles. The third-order valence-corrected chi connectivity index (χ3v) is 4.85. The molecule has 3 rings (SSSR count). The van der Waals surface area contributed by atoms with Gasteiger partial charge < -0.3 is 15.0 Å². The Morgan fingerprint density at radius 2 is 2.00 bits per heavy atom. The number of benzene rings is 1. The number of rotatable bonds is 5. The summed E-state index contributed by atoms with van der Waals surface area (Å²) < 4.78 is 2.01. The molecule has 1 amide bonds. The van der Waals surface area contributed by atoms with E-state index in [4.69, 9.17) is 5.26 Å². The molecule has 0 spiro atoms. The summed E-state index contributed by atoms with van der Waals surface area (Å²) in [5, 5.41) is 21.2. The Morgan fingerprint density at radius 1 is 1.33 bits per heavy atom. The van der Waals surface area contributed by atoms with E-state index in [1.165, 1.54) is 0 Å². The number of aryl methyl sites for hydroxylation is 1. The molecule has 1 aliphatic carbocycles. The van der Waals surface area contributed by atoms with Gasteiger partial charge in [-0.3, -0.25) is 4.79 Å². The van der Waals surface area contributed by atoms with Crippen molar-refractivity contribution in [3.8, 4) is 11.8 Å². The normalized spacial score (nSPS) is 14.9. The van der Waals surface area contributed by atoms with E-state index >= 15 is 0 Å². The van der Waals surface area contributed by atoms with Crippen LogP contribution in [0.5, 0.6) is 0 Å². The zero-order valence-electron chi connectivity index (χ0n) is 14.0. The smallest absolute Gasteiger partial charge is 0.253 e. The maximum atomic E-state index is 12.5. The van der Waals surface area contributed by atoms with Gasteiger partial charge in [-0.1, -0.05) is 0 Å².